The van der Waals surface area contributed by atoms with Gasteiger partial charge in [0.05, 0.1) is 0 Å². The van der Waals surface area contributed by atoms with Crippen molar-refractivity contribution in [2.24, 2.45) is 5.41 Å². The predicted molar refractivity (Wildman–Crippen MR) is 45.6 cm³/mol. The molecule has 1 aliphatic carbocycles. The van der Waals surface area contributed by atoms with E-state index < -0.39 is 0 Å². The van der Waals surface area contributed by atoms with E-state index in [1.807, 2.05) is 12.3 Å². The van der Waals surface area contributed by atoms with Crippen molar-refractivity contribution >= 4 is 0 Å². The Morgan fingerprint density at radius 1 is 1.50 bits per heavy atom. The molecule has 64 valence electrons. The highest BCUT2D eigenvalue weighted by atomic mass is 15.4. The zero-order chi connectivity index (χ0) is 8.02. The molecule has 1 N–H and O–H groups in total. The van der Waals surface area contributed by atoms with Gasteiger partial charge in [-0.15, -0.1) is 0 Å². The smallest absolute Gasteiger partial charge is 0.108 e. The Bertz CT molecular complexity index is 268. The highest BCUT2D eigenvalue weighted by Gasteiger charge is 2.51. The molecule has 0 bridgehead atoms. The maximum atomic E-state index is 4.27. The topological polar surface area (TPSA) is 29.9 Å². The molecule has 1 unspecified atom stereocenters. The average molecular weight is 163 g/mol. The molecule has 1 aliphatic heterocycles. The summed E-state index contributed by atoms with van der Waals surface area (Å²) >= 11 is 0. The van der Waals surface area contributed by atoms with E-state index in [2.05, 4.69) is 21.3 Å². The minimum absolute atomic E-state index is 0.487. The summed E-state index contributed by atoms with van der Waals surface area (Å²) in [5.74, 6) is 0. The van der Waals surface area contributed by atoms with E-state index >= 15 is 0 Å². The highest BCUT2D eigenvalue weighted by molar-refractivity contribution is 5.04. The van der Waals surface area contributed by atoms with Gasteiger partial charge < -0.3 is 0 Å². The third-order valence-corrected chi connectivity index (χ3v) is 3.37. The lowest BCUT2D eigenvalue weighted by Gasteiger charge is -2.56. The van der Waals surface area contributed by atoms with Crippen LogP contribution in [0.25, 0.3) is 0 Å². The standard InChI is InChI=1S/C9H13N3/c1-3-9(4-1)7-10-8(9)12-6-2-5-11-12/h2,5-6,8,10H,1,3-4,7H2. The molecular formula is C9H13N3. The fourth-order valence-electron chi connectivity index (χ4n) is 2.37. The molecule has 3 heteroatoms. The van der Waals surface area contributed by atoms with Gasteiger partial charge in [-0.25, -0.2) is 0 Å². The SMILES string of the molecule is c1cnn(C2NCC23CCC3)c1. The van der Waals surface area contributed by atoms with Gasteiger partial charge in [-0.2, -0.15) is 5.10 Å². The van der Waals surface area contributed by atoms with Crippen LogP contribution in [0, 0.1) is 5.41 Å². The molecule has 1 saturated carbocycles. The maximum absolute atomic E-state index is 4.27. The molecule has 0 aromatic carbocycles. The lowest BCUT2D eigenvalue weighted by Crippen LogP contribution is -2.61. The molecule has 3 rings (SSSR count). The predicted octanol–water partition coefficient (Wildman–Crippen LogP) is 1.16. The third kappa shape index (κ3) is 0.672. The Hall–Kier alpha value is -0.830. The van der Waals surface area contributed by atoms with Gasteiger partial charge in [0.25, 0.3) is 0 Å². The van der Waals surface area contributed by atoms with Crippen molar-refractivity contribution in [2.45, 2.75) is 25.4 Å². The van der Waals surface area contributed by atoms with E-state index in [1.54, 1.807) is 0 Å². The first-order chi connectivity index (χ1) is 5.91. The summed E-state index contributed by atoms with van der Waals surface area (Å²) in [6, 6.07) is 1.99. The van der Waals surface area contributed by atoms with Crippen molar-refractivity contribution < 1.29 is 0 Å². The number of nitrogens with one attached hydrogen (secondary N) is 1. The summed E-state index contributed by atoms with van der Waals surface area (Å²) in [7, 11) is 0. The number of rotatable bonds is 1. The summed E-state index contributed by atoms with van der Waals surface area (Å²) in [5.41, 5.74) is 0.575. The first-order valence-electron chi connectivity index (χ1n) is 4.63. The molecule has 2 heterocycles. The Morgan fingerprint density at radius 2 is 2.42 bits per heavy atom. The van der Waals surface area contributed by atoms with E-state index in [1.165, 1.54) is 25.8 Å². The maximum Gasteiger partial charge on any atom is 0.108 e. The van der Waals surface area contributed by atoms with Crippen LogP contribution in [-0.2, 0) is 0 Å². The minimum atomic E-state index is 0.487. The van der Waals surface area contributed by atoms with Crippen LogP contribution in [0.4, 0.5) is 0 Å². The van der Waals surface area contributed by atoms with Gasteiger partial charge >= 0.3 is 0 Å². The first-order valence-corrected chi connectivity index (χ1v) is 4.63. The minimum Gasteiger partial charge on any atom is -0.295 e. The summed E-state index contributed by atoms with van der Waals surface area (Å²) < 4.78 is 2.06. The van der Waals surface area contributed by atoms with Crippen molar-refractivity contribution in [3.8, 4) is 0 Å². The second-order valence-corrected chi connectivity index (χ2v) is 3.99. The molecule has 0 amide bonds. The van der Waals surface area contributed by atoms with E-state index in [0.717, 1.165) is 0 Å². The van der Waals surface area contributed by atoms with Crippen molar-refractivity contribution in [3.63, 3.8) is 0 Å². The Morgan fingerprint density at radius 3 is 2.83 bits per heavy atom. The molecule has 2 fully saturated rings. The zero-order valence-electron chi connectivity index (χ0n) is 7.03. The van der Waals surface area contributed by atoms with Gasteiger partial charge in [0.2, 0.25) is 0 Å². The van der Waals surface area contributed by atoms with Crippen molar-refractivity contribution in [1.82, 2.24) is 15.1 Å². The largest absolute Gasteiger partial charge is 0.295 e. The van der Waals surface area contributed by atoms with Crippen LogP contribution in [0.2, 0.25) is 0 Å². The quantitative estimate of drug-likeness (QED) is 0.673. The molecule has 0 radical (unpaired) electrons. The third-order valence-electron chi connectivity index (χ3n) is 3.37. The first kappa shape index (κ1) is 6.66. The van der Waals surface area contributed by atoms with E-state index in [4.69, 9.17) is 0 Å². The van der Waals surface area contributed by atoms with E-state index in [0.29, 0.717) is 11.6 Å². The van der Waals surface area contributed by atoms with Crippen molar-refractivity contribution in [2.75, 3.05) is 6.54 Å². The Balaban J connectivity index is 1.86. The van der Waals surface area contributed by atoms with Crippen molar-refractivity contribution in [1.29, 1.82) is 0 Å². The summed E-state index contributed by atoms with van der Waals surface area (Å²) in [4.78, 5) is 0. The van der Waals surface area contributed by atoms with Gasteiger partial charge in [-0.1, -0.05) is 6.42 Å². The van der Waals surface area contributed by atoms with Gasteiger partial charge in [0, 0.05) is 24.4 Å². The van der Waals surface area contributed by atoms with Gasteiger partial charge in [0.1, 0.15) is 6.17 Å². The molecule has 1 saturated heterocycles. The zero-order valence-corrected chi connectivity index (χ0v) is 7.03. The molecule has 1 aromatic heterocycles. The summed E-state index contributed by atoms with van der Waals surface area (Å²) in [6.07, 6.45) is 8.55. The number of nitrogens with zero attached hydrogens (tertiary/aromatic N) is 2. The summed E-state index contributed by atoms with van der Waals surface area (Å²) in [5, 5.41) is 7.71. The van der Waals surface area contributed by atoms with Crippen LogP contribution in [0.3, 0.4) is 0 Å². The van der Waals surface area contributed by atoms with E-state index in [-0.39, 0.29) is 0 Å². The second kappa shape index (κ2) is 2.10. The van der Waals surface area contributed by atoms with E-state index in [9.17, 15) is 0 Å². The summed E-state index contributed by atoms with van der Waals surface area (Å²) in [6.45, 7) is 1.19. The van der Waals surface area contributed by atoms with Crippen LogP contribution < -0.4 is 5.32 Å². The monoisotopic (exact) mass is 163 g/mol. The van der Waals surface area contributed by atoms with Crippen LogP contribution >= 0.6 is 0 Å². The number of aromatic nitrogens is 2. The Labute approximate surface area is 71.8 Å². The van der Waals surface area contributed by atoms with Crippen LogP contribution in [0.1, 0.15) is 25.4 Å². The fourth-order valence-corrected chi connectivity index (χ4v) is 2.37. The molecule has 1 aromatic rings. The molecule has 1 spiro atoms. The number of hydrogen-bond acceptors (Lipinski definition) is 2. The lowest BCUT2D eigenvalue weighted by molar-refractivity contribution is -0.0506. The molecule has 1 atom stereocenters. The molecule has 2 aliphatic rings. The molecule has 12 heavy (non-hydrogen) atoms. The van der Waals surface area contributed by atoms with Gasteiger partial charge in [-0.05, 0) is 18.9 Å². The molecular weight excluding hydrogens is 150 g/mol. The van der Waals surface area contributed by atoms with Crippen molar-refractivity contribution in [3.05, 3.63) is 18.5 Å². The van der Waals surface area contributed by atoms with Crippen LogP contribution in [0.15, 0.2) is 18.5 Å². The Kier molecular flexibility index (Phi) is 1.17. The lowest BCUT2D eigenvalue weighted by atomic mass is 9.62. The highest BCUT2D eigenvalue weighted by Crippen LogP contribution is 2.52. The van der Waals surface area contributed by atoms with Gasteiger partial charge in [0.15, 0.2) is 0 Å². The van der Waals surface area contributed by atoms with Crippen LogP contribution in [-0.4, -0.2) is 16.3 Å². The van der Waals surface area contributed by atoms with Gasteiger partial charge in [-0.3, -0.25) is 10.00 Å². The average Bonchev–Trinajstić information content (AvgIpc) is 2.33. The number of hydrogen-bond donors (Lipinski definition) is 1. The molecule has 3 nitrogen and oxygen atoms in total. The fraction of sp³-hybridized carbons (Fsp3) is 0.667. The normalized spacial score (nSPS) is 31.2. The van der Waals surface area contributed by atoms with Crippen LogP contribution in [0.5, 0.6) is 0 Å². The second-order valence-electron chi connectivity index (χ2n) is 3.99.